The Morgan fingerprint density at radius 2 is 1.95 bits per heavy atom. The van der Waals surface area contributed by atoms with Gasteiger partial charge >= 0.3 is 6.03 Å². The first-order valence-corrected chi connectivity index (χ1v) is 7.86. The molecular weight excluding hydrogens is 300 g/mol. The summed E-state index contributed by atoms with van der Waals surface area (Å²) >= 11 is 1.69. The third kappa shape index (κ3) is 4.66. The van der Waals surface area contributed by atoms with E-state index in [0.717, 1.165) is 12.0 Å². The molecule has 0 bridgehead atoms. The molecule has 0 aliphatic heterocycles. The number of rotatable bonds is 7. The summed E-state index contributed by atoms with van der Waals surface area (Å²) in [5.74, 6) is 1.33. The van der Waals surface area contributed by atoms with Crippen LogP contribution in [-0.2, 0) is 13.0 Å². The molecule has 0 unspecified atom stereocenters. The van der Waals surface area contributed by atoms with Crippen LogP contribution >= 0.6 is 11.3 Å². The van der Waals surface area contributed by atoms with E-state index in [1.807, 2.05) is 29.6 Å². The number of urea groups is 1. The predicted octanol–water partition coefficient (Wildman–Crippen LogP) is 2.81. The Balaban J connectivity index is 1.76. The third-order valence-electron chi connectivity index (χ3n) is 3.14. The van der Waals surface area contributed by atoms with Crippen molar-refractivity contribution >= 4 is 17.4 Å². The Labute approximate surface area is 134 Å². The van der Waals surface area contributed by atoms with Crippen LogP contribution in [0, 0.1) is 0 Å². The highest BCUT2D eigenvalue weighted by atomic mass is 32.1. The van der Waals surface area contributed by atoms with Crippen LogP contribution in [0.25, 0.3) is 0 Å². The average Bonchev–Trinajstić information content (AvgIpc) is 3.06. The maximum absolute atomic E-state index is 11.7. The molecule has 0 aliphatic rings. The zero-order valence-electron chi connectivity index (χ0n) is 12.7. The maximum Gasteiger partial charge on any atom is 0.315 e. The number of methoxy groups -OCH3 is 2. The van der Waals surface area contributed by atoms with Crippen molar-refractivity contribution in [3.63, 3.8) is 0 Å². The van der Waals surface area contributed by atoms with Crippen LogP contribution in [-0.4, -0.2) is 26.8 Å². The number of benzene rings is 1. The summed E-state index contributed by atoms with van der Waals surface area (Å²) in [6.07, 6.45) is 0.849. The second-order valence-corrected chi connectivity index (χ2v) is 5.66. The molecule has 1 aromatic heterocycles. The largest absolute Gasteiger partial charge is 0.493 e. The molecule has 0 aliphatic carbocycles. The van der Waals surface area contributed by atoms with E-state index in [9.17, 15) is 4.79 Å². The van der Waals surface area contributed by atoms with Crippen molar-refractivity contribution in [2.75, 3.05) is 20.8 Å². The molecule has 5 nitrogen and oxygen atoms in total. The minimum atomic E-state index is -0.175. The molecule has 118 valence electrons. The van der Waals surface area contributed by atoms with Crippen LogP contribution in [0.4, 0.5) is 4.79 Å². The number of carbonyl (C=O) groups excluding carboxylic acids is 1. The van der Waals surface area contributed by atoms with Gasteiger partial charge in [0.25, 0.3) is 0 Å². The molecule has 0 atom stereocenters. The first-order chi connectivity index (χ1) is 10.7. The smallest absolute Gasteiger partial charge is 0.315 e. The number of ether oxygens (including phenoxy) is 2. The Bertz CT molecular complexity index is 599. The number of nitrogens with one attached hydrogen (secondary N) is 2. The van der Waals surface area contributed by atoms with Gasteiger partial charge in [0.1, 0.15) is 0 Å². The fraction of sp³-hybridized carbons (Fsp3) is 0.312. The maximum atomic E-state index is 11.7. The van der Waals surface area contributed by atoms with Crippen LogP contribution in [0.1, 0.15) is 10.4 Å². The van der Waals surface area contributed by atoms with Gasteiger partial charge in [-0.1, -0.05) is 12.1 Å². The Hall–Kier alpha value is -2.21. The van der Waals surface area contributed by atoms with Gasteiger partial charge in [-0.15, -0.1) is 11.3 Å². The van der Waals surface area contributed by atoms with E-state index in [2.05, 4.69) is 16.7 Å². The van der Waals surface area contributed by atoms with Crippen LogP contribution in [0.15, 0.2) is 35.7 Å². The number of hydrogen-bond acceptors (Lipinski definition) is 4. The van der Waals surface area contributed by atoms with Gasteiger partial charge in [-0.25, -0.2) is 4.79 Å². The van der Waals surface area contributed by atoms with Crippen molar-refractivity contribution in [2.24, 2.45) is 0 Å². The normalized spacial score (nSPS) is 10.1. The van der Waals surface area contributed by atoms with Gasteiger partial charge in [0, 0.05) is 18.0 Å². The SMILES string of the molecule is COc1ccc(CNC(=O)NCCc2cccs2)cc1OC. The van der Waals surface area contributed by atoms with E-state index in [4.69, 9.17) is 9.47 Å². The number of amides is 2. The van der Waals surface area contributed by atoms with Crippen LogP contribution < -0.4 is 20.1 Å². The summed E-state index contributed by atoms with van der Waals surface area (Å²) < 4.78 is 10.4. The highest BCUT2D eigenvalue weighted by Crippen LogP contribution is 2.27. The molecular formula is C16H20N2O3S. The second-order valence-electron chi connectivity index (χ2n) is 4.63. The molecule has 0 spiro atoms. The topological polar surface area (TPSA) is 59.6 Å². The zero-order valence-corrected chi connectivity index (χ0v) is 13.5. The number of thiophene rings is 1. The monoisotopic (exact) mass is 320 g/mol. The van der Waals surface area contributed by atoms with Crippen LogP contribution in [0.3, 0.4) is 0 Å². The molecule has 0 fully saturated rings. The first kappa shape index (κ1) is 16.2. The fourth-order valence-electron chi connectivity index (χ4n) is 1.99. The summed E-state index contributed by atoms with van der Waals surface area (Å²) in [7, 11) is 3.18. The van der Waals surface area contributed by atoms with E-state index < -0.39 is 0 Å². The van der Waals surface area contributed by atoms with Gasteiger partial charge < -0.3 is 20.1 Å². The Morgan fingerprint density at radius 3 is 2.64 bits per heavy atom. The van der Waals surface area contributed by atoms with Crippen LogP contribution in [0.5, 0.6) is 11.5 Å². The predicted molar refractivity (Wildman–Crippen MR) is 87.8 cm³/mol. The third-order valence-corrected chi connectivity index (χ3v) is 4.07. The van der Waals surface area contributed by atoms with Crippen molar-refractivity contribution < 1.29 is 14.3 Å². The molecule has 2 rings (SSSR count). The van der Waals surface area contributed by atoms with E-state index in [1.54, 1.807) is 25.6 Å². The van der Waals surface area contributed by atoms with Gasteiger partial charge in [0.2, 0.25) is 0 Å². The van der Waals surface area contributed by atoms with E-state index >= 15 is 0 Å². The summed E-state index contributed by atoms with van der Waals surface area (Å²) in [5, 5.41) is 7.70. The molecule has 2 aromatic rings. The molecule has 0 saturated carbocycles. The van der Waals surface area contributed by atoms with Crippen molar-refractivity contribution in [3.05, 3.63) is 46.2 Å². The Morgan fingerprint density at radius 1 is 1.14 bits per heavy atom. The summed E-state index contributed by atoms with van der Waals surface area (Å²) in [4.78, 5) is 13.0. The fourth-order valence-corrected chi connectivity index (χ4v) is 2.70. The summed E-state index contributed by atoms with van der Waals surface area (Å²) in [6, 6.07) is 9.47. The summed E-state index contributed by atoms with van der Waals surface area (Å²) in [6.45, 7) is 1.06. The van der Waals surface area contributed by atoms with Gasteiger partial charge in [0.15, 0.2) is 11.5 Å². The zero-order chi connectivity index (χ0) is 15.8. The molecule has 0 radical (unpaired) electrons. The lowest BCUT2D eigenvalue weighted by Crippen LogP contribution is -2.36. The lowest BCUT2D eigenvalue weighted by molar-refractivity contribution is 0.240. The quantitative estimate of drug-likeness (QED) is 0.825. The van der Waals surface area contributed by atoms with Gasteiger partial charge in [-0.3, -0.25) is 0 Å². The minimum absolute atomic E-state index is 0.175. The van der Waals surface area contributed by atoms with E-state index in [1.165, 1.54) is 4.88 Å². The molecule has 1 aromatic carbocycles. The lowest BCUT2D eigenvalue weighted by atomic mass is 10.2. The lowest BCUT2D eigenvalue weighted by Gasteiger charge is -2.11. The Kier molecular flexibility index (Phi) is 6.09. The highest BCUT2D eigenvalue weighted by Gasteiger charge is 2.06. The second kappa shape index (κ2) is 8.29. The molecule has 6 heteroatoms. The molecule has 2 amide bonds. The average molecular weight is 320 g/mol. The first-order valence-electron chi connectivity index (χ1n) is 6.98. The van der Waals surface area contributed by atoms with E-state index in [0.29, 0.717) is 24.6 Å². The van der Waals surface area contributed by atoms with Crippen molar-refractivity contribution in [1.29, 1.82) is 0 Å². The summed E-state index contributed by atoms with van der Waals surface area (Å²) in [5.41, 5.74) is 0.950. The van der Waals surface area contributed by atoms with E-state index in [-0.39, 0.29) is 6.03 Å². The van der Waals surface area contributed by atoms with Gasteiger partial charge in [-0.2, -0.15) is 0 Å². The standard InChI is InChI=1S/C16H20N2O3S/c1-20-14-6-5-12(10-15(14)21-2)11-18-16(19)17-8-7-13-4-3-9-22-13/h3-6,9-10H,7-8,11H2,1-2H3,(H2,17,18,19). The molecule has 0 saturated heterocycles. The number of carbonyl (C=O) groups is 1. The molecule has 22 heavy (non-hydrogen) atoms. The van der Waals surface area contributed by atoms with Crippen molar-refractivity contribution in [1.82, 2.24) is 10.6 Å². The number of hydrogen-bond donors (Lipinski definition) is 2. The van der Waals surface area contributed by atoms with Crippen molar-refractivity contribution in [3.8, 4) is 11.5 Å². The highest BCUT2D eigenvalue weighted by molar-refractivity contribution is 7.09. The minimum Gasteiger partial charge on any atom is -0.493 e. The molecule has 1 heterocycles. The van der Waals surface area contributed by atoms with Gasteiger partial charge in [0.05, 0.1) is 14.2 Å². The van der Waals surface area contributed by atoms with Crippen LogP contribution in [0.2, 0.25) is 0 Å². The molecule has 2 N–H and O–H groups in total. The van der Waals surface area contributed by atoms with Crippen molar-refractivity contribution in [2.45, 2.75) is 13.0 Å². The van der Waals surface area contributed by atoms with Gasteiger partial charge in [-0.05, 0) is 35.6 Å².